The Morgan fingerprint density at radius 2 is 2.21 bits per heavy atom. The molecule has 0 saturated carbocycles. The Hall–Kier alpha value is -0.340. The predicted molar refractivity (Wildman–Crippen MR) is 65.1 cm³/mol. The van der Waals surface area contributed by atoms with E-state index in [1.54, 1.807) is 0 Å². The lowest BCUT2D eigenvalue weighted by atomic mass is 10.1. The van der Waals surface area contributed by atoms with Crippen LogP contribution in [0.3, 0.4) is 0 Å². The van der Waals surface area contributed by atoms with Crippen molar-refractivity contribution in [1.82, 2.24) is 5.32 Å². The van der Waals surface area contributed by atoms with Crippen molar-refractivity contribution in [2.45, 2.75) is 33.6 Å². The van der Waals surface area contributed by atoms with Crippen LogP contribution in [-0.2, 0) is 6.42 Å². The molecule has 0 aliphatic heterocycles. The molecule has 1 aromatic heterocycles. The number of thiophene rings is 1. The van der Waals surface area contributed by atoms with Gasteiger partial charge in [-0.1, -0.05) is 13.8 Å². The Balaban J connectivity index is 2.08. The van der Waals surface area contributed by atoms with Gasteiger partial charge in [0.2, 0.25) is 0 Å². The summed E-state index contributed by atoms with van der Waals surface area (Å²) in [5.74, 6) is 0.762. The lowest BCUT2D eigenvalue weighted by molar-refractivity contribution is 0.543. The Kier molecular flexibility index (Phi) is 5.20. The molecule has 0 aliphatic rings. The normalized spacial score (nSPS) is 11.1. The standard InChI is InChI=1S/C12H21NS/c1-10(2)9-13-7-4-5-12-6-8-14-11(12)3/h6,8,10,13H,4-5,7,9H2,1-3H3. The van der Waals surface area contributed by atoms with Crippen molar-refractivity contribution in [3.8, 4) is 0 Å². The number of hydrogen-bond acceptors (Lipinski definition) is 2. The van der Waals surface area contributed by atoms with E-state index in [1.165, 1.54) is 23.3 Å². The van der Waals surface area contributed by atoms with Crippen molar-refractivity contribution in [2.24, 2.45) is 5.92 Å². The molecule has 0 saturated heterocycles. The summed E-state index contributed by atoms with van der Waals surface area (Å²) in [7, 11) is 0. The zero-order chi connectivity index (χ0) is 10.4. The molecule has 14 heavy (non-hydrogen) atoms. The van der Waals surface area contributed by atoms with E-state index in [9.17, 15) is 0 Å². The SMILES string of the molecule is Cc1sccc1CCCNCC(C)C. The molecule has 1 heterocycles. The fourth-order valence-electron chi connectivity index (χ4n) is 1.47. The highest BCUT2D eigenvalue weighted by Gasteiger charge is 1.98. The maximum absolute atomic E-state index is 3.47. The van der Waals surface area contributed by atoms with Crippen LogP contribution >= 0.6 is 11.3 Å². The Labute approximate surface area is 91.5 Å². The summed E-state index contributed by atoms with van der Waals surface area (Å²) >= 11 is 1.85. The average molecular weight is 211 g/mol. The first kappa shape index (κ1) is 11.7. The summed E-state index contributed by atoms with van der Waals surface area (Å²) < 4.78 is 0. The van der Waals surface area contributed by atoms with E-state index in [0.29, 0.717) is 0 Å². The van der Waals surface area contributed by atoms with Gasteiger partial charge < -0.3 is 5.32 Å². The highest BCUT2D eigenvalue weighted by Crippen LogP contribution is 2.16. The molecular formula is C12H21NS. The van der Waals surface area contributed by atoms with Gasteiger partial charge in [0, 0.05) is 4.88 Å². The van der Waals surface area contributed by atoms with Crippen LogP contribution in [-0.4, -0.2) is 13.1 Å². The molecule has 0 aliphatic carbocycles. The maximum Gasteiger partial charge on any atom is 0.00461 e. The largest absolute Gasteiger partial charge is 0.316 e. The van der Waals surface area contributed by atoms with Gasteiger partial charge in [-0.2, -0.15) is 0 Å². The summed E-state index contributed by atoms with van der Waals surface area (Å²) in [6.45, 7) is 8.99. The highest BCUT2D eigenvalue weighted by molar-refractivity contribution is 7.10. The average Bonchev–Trinajstić information content (AvgIpc) is 2.51. The van der Waals surface area contributed by atoms with Gasteiger partial charge in [-0.05, 0) is 55.8 Å². The smallest absolute Gasteiger partial charge is 0.00461 e. The van der Waals surface area contributed by atoms with E-state index in [1.807, 2.05) is 11.3 Å². The fourth-order valence-corrected chi connectivity index (χ4v) is 2.22. The lowest BCUT2D eigenvalue weighted by Gasteiger charge is -2.06. The Bertz CT molecular complexity index is 253. The van der Waals surface area contributed by atoms with Crippen molar-refractivity contribution < 1.29 is 0 Å². The molecule has 0 radical (unpaired) electrons. The van der Waals surface area contributed by atoms with E-state index >= 15 is 0 Å². The molecule has 0 atom stereocenters. The molecule has 2 heteroatoms. The van der Waals surface area contributed by atoms with Crippen molar-refractivity contribution >= 4 is 11.3 Å². The van der Waals surface area contributed by atoms with Crippen molar-refractivity contribution in [2.75, 3.05) is 13.1 Å². The minimum absolute atomic E-state index is 0.762. The first-order valence-corrected chi connectivity index (χ1v) is 6.32. The van der Waals surface area contributed by atoms with Gasteiger partial charge >= 0.3 is 0 Å². The molecule has 0 aromatic carbocycles. The van der Waals surface area contributed by atoms with Gasteiger partial charge in [0.15, 0.2) is 0 Å². The van der Waals surface area contributed by atoms with E-state index in [4.69, 9.17) is 0 Å². The van der Waals surface area contributed by atoms with Gasteiger partial charge in [-0.15, -0.1) is 11.3 Å². The Morgan fingerprint density at radius 3 is 2.79 bits per heavy atom. The van der Waals surface area contributed by atoms with E-state index in [0.717, 1.165) is 19.0 Å². The number of rotatable bonds is 6. The van der Waals surface area contributed by atoms with Crippen molar-refractivity contribution in [1.29, 1.82) is 0 Å². The molecule has 80 valence electrons. The Morgan fingerprint density at radius 1 is 1.43 bits per heavy atom. The van der Waals surface area contributed by atoms with Crippen LogP contribution in [0.5, 0.6) is 0 Å². The quantitative estimate of drug-likeness (QED) is 0.712. The van der Waals surface area contributed by atoms with Crippen LogP contribution in [0.25, 0.3) is 0 Å². The summed E-state index contributed by atoms with van der Waals surface area (Å²) in [6.07, 6.45) is 2.48. The zero-order valence-electron chi connectivity index (χ0n) is 9.47. The summed E-state index contributed by atoms with van der Waals surface area (Å²) in [4.78, 5) is 1.48. The molecule has 1 rings (SSSR count). The van der Waals surface area contributed by atoms with Gasteiger partial charge in [0.25, 0.3) is 0 Å². The summed E-state index contributed by atoms with van der Waals surface area (Å²) in [5, 5.41) is 5.66. The van der Waals surface area contributed by atoms with Crippen LogP contribution in [0.2, 0.25) is 0 Å². The van der Waals surface area contributed by atoms with E-state index in [-0.39, 0.29) is 0 Å². The first-order chi connectivity index (χ1) is 6.70. The monoisotopic (exact) mass is 211 g/mol. The van der Waals surface area contributed by atoms with Crippen LogP contribution in [0.4, 0.5) is 0 Å². The van der Waals surface area contributed by atoms with Crippen LogP contribution < -0.4 is 5.32 Å². The highest BCUT2D eigenvalue weighted by atomic mass is 32.1. The molecule has 1 nitrogen and oxygen atoms in total. The van der Waals surface area contributed by atoms with Gasteiger partial charge in [-0.25, -0.2) is 0 Å². The second-order valence-corrected chi connectivity index (χ2v) is 5.32. The molecule has 1 N–H and O–H groups in total. The van der Waals surface area contributed by atoms with Crippen LogP contribution in [0.15, 0.2) is 11.4 Å². The zero-order valence-corrected chi connectivity index (χ0v) is 10.3. The second kappa shape index (κ2) is 6.20. The molecule has 0 spiro atoms. The van der Waals surface area contributed by atoms with Crippen LogP contribution in [0, 0.1) is 12.8 Å². The molecule has 1 aromatic rings. The molecule has 0 unspecified atom stereocenters. The number of nitrogens with one attached hydrogen (secondary N) is 1. The van der Waals surface area contributed by atoms with Crippen molar-refractivity contribution in [3.05, 3.63) is 21.9 Å². The third-order valence-corrected chi connectivity index (χ3v) is 3.21. The first-order valence-electron chi connectivity index (χ1n) is 5.44. The number of aryl methyl sites for hydroxylation is 2. The summed E-state index contributed by atoms with van der Waals surface area (Å²) in [5.41, 5.74) is 1.53. The minimum atomic E-state index is 0.762. The molecule has 0 bridgehead atoms. The minimum Gasteiger partial charge on any atom is -0.316 e. The molecular weight excluding hydrogens is 190 g/mol. The van der Waals surface area contributed by atoms with Gasteiger partial charge in [0.05, 0.1) is 0 Å². The number of hydrogen-bond donors (Lipinski definition) is 1. The van der Waals surface area contributed by atoms with E-state index in [2.05, 4.69) is 37.5 Å². The fraction of sp³-hybridized carbons (Fsp3) is 0.667. The van der Waals surface area contributed by atoms with Crippen LogP contribution in [0.1, 0.15) is 30.7 Å². The van der Waals surface area contributed by atoms with Gasteiger partial charge in [-0.3, -0.25) is 0 Å². The van der Waals surface area contributed by atoms with Gasteiger partial charge in [0.1, 0.15) is 0 Å². The predicted octanol–water partition coefficient (Wildman–Crippen LogP) is 3.23. The third-order valence-electron chi connectivity index (χ3n) is 2.32. The molecule has 0 fully saturated rings. The molecule has 0 amide bonds. The second-order valence-electron chi connectivity index (χ2n) is 4.20. The van der Waals surface area contributed by atoms with E-state index < -0.39 is 0 Å². The summed E-state index contributed by atoms with van der Waals surface area (Å²) in [6, 6.07) is 2.25. The topological polar surface area (TPSA) is 12.0 Å². The maximum atomic E-state index is 3.47. The van der Waals surface area contributed by atoms with Crippen molar-refractivity contribution in [3.63, 3.8) is 0 Å². The third kappa shape index (κ3) is 4.25. The lowest BCUT2D eigenvalue weighted by Crippen LogP contribution is -2.21.